The van der Waals surface area contributed by atoms with Gasteiger partial charge in [-0.15, -0.1) is 0 Å². The van der Waals surface area contributed by atoms with Gasteiger partial charge >= 0.3 is 0 Å². The Hall–Kier alpha value is -1.91. The van der Waals surface area contributed by atoms with Crippen LogP contribution < -0.4 is 10.6 Å². The first-order chi connectivity index (χ1) is 11.2. The van der Waals surface area contributed by atoms with Crippen molar-refractivity contribution in [2.24, 2.45) is 9.98 Å². The van der Waals surface area contributed by atoms with Crippen LogP contribution in [-0.2, 0) is 0 Å². The van der Waals surface area contributed by atoms with E-state index in [1.54, 1.807) is 0 Å². The summed E-state index contributed by atoms with van der Waals surface area (Å²) >= 11 is 0. The number of nitrogens with one attached hydrogen (secondary N) is 2. The van der Waals surface area contributed by atoms with E-state index >= 15 is 0 Å². The normalized spacial score (nSPS) is 26.9. The van der Waals surface area contributed by atoms with Crippen molar-refractivity contribution in [2.45, 2.75) is 76.9 Å². The lowest BCUT2D eigenvalue weighted by atomic mass is 9.94. The molecule has 2 aliphatic heterocycles. The molecule has 0 aromatic heterocycles. The molecule has 2 rings (SSSR count). The average Bonchev–Trinajstić information content (AvgIpc) is 2.59. The molecule has 0 amide bonds. The number of allylic oxidation sites excluding steroid dienone is 1. The minimum Gasteiger partial charge on any atom is -0.313 e. The summed E-state index contributed by atoms with van der Waals surface area (Å²) in [6, 6.07) is 0.00736. The Morgan fingerprint density at radius 3 is 2.75 bits per heavy atom. The molecule has 0 spiro atoms. The van der Waals surface area contributed by atoms with Gasteiger partial charge in [0.05, 0.1) is 6.04 Å². The summed E-state index contributed by atoms with van der Waals surface area (Å²) in [5, 5.41) is 26.7. The molecule has 0 aromatic carbocycles. The highest BCUT2D eigenvalue weighted by molar-refractivity contribution is 5.83. The van der Waals surface area contributed by atoms with Gasteiger partial charge in [0.25, 0.3) is 0 Å². The first kappa shape index (κ1) is 18.4. The van der Waals surface area contributed by atoms with E-state index < -0.39 is 5.54 Å². The van der Waals surface area contributed by atoms with Crippen LogP contribution in [0.2, 0.25) is 0 Å². The van der Waals surface area contributed by atoms with E-state index in [1.165, 1.54) is 5.06 Å². The van der Waals surface area contributed by atoms with Gasteiger partial charge in [-0.25, -0.2) is 9.98 Å². The first-order valence-corrected chi connectivity index (χ1v) is 8.46. The average molecular weight is 332 g/mol. The predicted octanol–water partition coefficient (Wildman–Crippen LogP) is 2.51. The van der Waals surface area contributed by atoms with Crippen LogP contribution in [0.3, 0.4) is 0 Å². The van der Waals surface area contributed by atoms with Gasteiger partial charge in [0.2, 0.25) is 5.96 Å². The molecule has 0 saturated carbocycles. The lowest BCUT2D eigenvalue weighted by Gasteiger charge is -2.42. The Morgan fingerprint density at radius 2 is 2.12 bits per heavy atom. The number of hydrogen-bond donors (Lipinski definition) is 3. The van der Waals surface area contributed by atoms with E-state index in [0.29, 0.717) is 18.2 Å². The van der Waals surface area contributed by atoms with E-state index in [9.17, 15) is 5.21 Å². The second-order valence-corrected chi connectivity index (χ2v) is 7.65. The Bertz CT molecular complexity index is 584. The van der Waals surface area contributed by atoms with Gasteiger partial charge in [0.1, 0.15) is 5.82 Å². The molecule has 1 atom stereocenters. The van der Waals surface area contributed by atoms with Gasteiger partial charge in [0.15, 0.2) is 6.19 Å². The summed E-state index contributed by atoms with van der Waals surface area (Å²) in [4.78, 5) is 8.97. The molecule has 0 bridgehead atoms. The van der Waals surface area contributed by atoms with Gasteiger partial charge in [-0.3, -0.25) is 5.32 Å². The molecule has 1 saturated heterocycles. The Labute approximate surface area is 144 Å². The maximum atomic E-state index is 10.5. The number of nitrogens with zero attached hydrogens (tertiary/aromatic N) is 4. The fraction of sp³-hybridized carbons (Fsp3) is 0.706. The standard InChI is InChI=1S/C17H28N6O/c1-16(2)9-8-13(11-17(3,4)23(16)24)21-15(20-12-18)22-14-7-5-6-10-19-14/h7,10,13,24H,5-6,8-9,11H2,1-4H3,(H2,20,21,22). The quantitative estimate of drug-likeness (QED) is 0.312. The minimum atomic E-state index is -0.395. The summed E-state index contributed by atoms with van der Waals surface area (Å²) in [6.45, 7) is 8.10. The molecule has 1 unspecified atom stereocenters. The molecule has 0 aliphatic carbocycles. The Kier molecular flexibility index (Phi) is 5.62. The topological polar surface area (TPSA) is 96.0 Å². The van der Waals surface area contributed by atoms with Crippen molar-refractivity contribution in [3.8, 4) is 6.19 Å². The summed E-state index contributed by atoms with van der Waals surface area (Å²) in [7, 11) is 0. The van der Waals surface area contributed by atoms with Crippen LogP contribution >= 0.6 is 0 Å². The summed E-state index contributed by atoms with van der Waals surface area (Å²) < 4.78 is 0. The molecule has 7 heteroatoms. The highest BCUT2D eigenvalue weighted by Crippen LogP contribution is 2.36. The minimum absolute atomic E-state index is 0.00736. The van der Waals surface area contributed by atoms with Crippen molar-refractivity contribution in [1.82, 2.24) is 15.7 Å². The van der Waals surface area contributed by atoms with Crippen LogP contribution in [0.1, 0.15) is 59.8 Å². The van der Waals surface area contributed by atoms with E-state index in [1.807, 2.05) is 46.2 Å². The lowest BCUT2D eigenvalue weighted by molar-refractivity contribution is -0.221. The summed E-state index contributed by atoms with van der Waals surface area (Å²) in [5.74, 6) is 1.12. The Morgan fingerprint density at radius 1 is 1.38 bits per heavy atom. The molecule has 2 heterocycles. The molecule has 7 nitrogen and oxygen atoms in total. The van der Waals surface area contributed by atoms with Crippen molar-refractivity contribution >= 4 is 12.2 Å². The van der Waals surface area contributed by atoms with Crippen LogP contribution in [0.5, 0.6) is 0 Å². The zero-order valence-corrected chi connectivity index (χ0v) is 15.0. The smallest absolute Gasteiger partial charge is 0.210 e. The van der Waals surface area contributed by atoms with Crippen molar-refractivity contribution in [3.05, 3.63) is 11.9 Å². The number of rotatable bonds is 2. The predicted molar refractivity (Wildman–Crippen MR) is 94.6 cm³/mol. The van der Waals surface area contributed by atoms with Gasteiger partial charge in [-0.2, -0.15) is 10.3 Å². The van der Waals surface area contributed by atoms with Gasteiger partial charge in [0, 0.05) is 17.3 Å². The van der Waals surface area contributed by atoms with Crippen LogP contribution in [0, 0.1) is 11.5 Å². The Balaban J connectivity index is 2.17. The van der Waals surface area contributed by atoms with E-state index in [0.717, 1.165) is 25.7 Å². The van der Waals surface area contributed by atoms with E-state index in [-0.39, 0.29) is 11.6 Å². The molecule has 1 fully saturated rings. The fourth-order valence-corrected chi connectivity index (χ4v) is 3.37. The number of hydrogen-bond acceptors (Lipinski definition) is 5. The second kappa shape index (κ2) is 7.32. The van der Waals surface area contributed by atoms with Crippen LogP contribution in [-0.4, -0.2) is 39.6 Å². The highest BCUT2D eigenvalue weighted by Gasteiger charge is 2.41. The SMILES string of the molecule is CC1(C)CCC(N=C(NC#N)NC2=CCCC=N2)CC(C)(C)N1O. The zero-order valence-electron chi connectivity index (χ0n) is 15.0. The van der Waals surface area contributed by atoms with Crippen LogP contribution in [0.25, 0.3) is 0 Å². The number of guanidine groups is 1. The van der Waals surface area contributed by atoms with Crippen molar-refractivity contribution in [1.29, 1.82) is 5.26 Å². The third-order valence-corrected chi connectivity index (χ3v) is 4.57. The van der Waals surface area contributed by atoms with Crippen LogP contribution in [0.15, 0.2) is 21.9 Å². The molecule has 0 radical (unpaired) electrons. The van der Waals surface area contributed by atoms with Crippen molar-refractivity contribution in [3.63, 3.8) is 0 Å². The lowest BCUT2D eigenvalue weighted by Crippen LogP contribution is -2.52. The van der Waals surface area contributed by atoms with Crippen LogP contribution in [0.4, 0.5) is 0 Å². The number of nitriles is 1. The molecular weight excluding hydrogens is 304 g/mol. The zero-order chi connectivity index (χ0) is 17.8. The molecule has 2 aliphatic rings. The maximum absolute atomic E-state index is 10.5. The molecule has 3 N–H and O–H groups in total. The largest absolute Gasteiger partial charge is 0.313 e. The van der Waals surface area contributed by atoms with Gasteiger partial charge in [-0.1, -0.05) is 0 Å². The van der Waals surface area contributed by atoms with E-state index in [4.69, 9.17) is 10.3 Å². The number of hydroxylamine groups is 2. The monoisotopic (exact) mass is 332 g/mol. The second-order valence-electron chi connectivity index (χ2n) is 7.65. The van der Waals surface area contributed by atoms with Crippen molar-refractivity contribution < 1.29 is 5.21 Å². The third kappa shape index (κ3) is 4.56. The fourth-order valence-electron chi connectivity index (χ4n) is 3.37. The molecule has 0 aromatic rings. The van der Waals surface area contributed by atoms with Crippen molar-refractivity contribution in [2.75, 3.05) is 0 Å². The van der Waals surface area contributed by atoms with Gasteiger partial charge < -0.3 is 10.5 Å². The molecule has 132 valence electrons. The number of aliphatic imine (C=N–C) groups is 2. The third-order valence-electron chi connectivity index (χ3n) is 4.57. The van der Waals surface area contributed by atoms with Gasteiger partial charge in [-0.05, 0) is 65.9 Å². The summed E-state index contributed by atoms with van der Waals surface area (Å²) in [6.07, 6.45) is 9.99. The maximum Gasteiger partial charge on any atom is 0.210 e. The molecular formula is C17H28N6O. The molecule has 24 heavy (non-hydrogen) atoms. The van der Waals surface area contributed by atoms with E-state index in [2.05, 4.69) is 15.6 Å². The first-order valence-electron chi connectivity index (χ1n) is 8.46. The summed E-state index contributed by atoms with van der Waals surface area (Å²) in [5.41, 5.74) is -0.700. The highest BCUT2D eigenvalue weighted by atomic mass is 16.5.